The molecule has 1 aliphatic rings. The van der Waals surface area contributed by atoms with Gasteiger partial charge in [-0.2, -0.15) is 0 Å². The number of ether oxygens (including phenoxy) is 1. The molecule has 0 spiro atoms. The van der Waals surface area contributed by atoms with Crippen molar-refractivity contribution in [3.63, 3.8) is 0 Å². The van der Waals surface area contributed by atoms with Gasteiger partial charge >= 0.3 is 0 Å². The molecule has 0 bridgehead atoms. The Balaban J connectivity index is 1.53. The average Bonchev–Trinajstić information content (AvgIpc) is 3.47. The Kier molecular flexibility index (Phi) is 4.52. The maximum Gasteiger partial charge on any atom is 0.144 e. The molecule has 8 heteroatoms. The van der Waals surface area contributed by atoms with Crippen molar-refractivity contribution < 1.29 is 9.26 Å². The van der Waals surface area contributed by atoms with Crippen LogP contribution in [0, 0.1) is 20.8 Å². The summed E-state index contributed by atoms with van der Waals surface area (Å²) in [4.78, 5) is 15.2. The predicted octanol–water partition coefficient (Wildman–Crippen LogP) is 5.44. The van der Waals surface area contributed by atoms with Gasteiger partial charge in [-0.1, -0.05) is 11.2 Å². The van der Waals surface area contributed by atoms with Crippen LogP contribution in [0.1, 0.15) is 22.8 Å². The minimum atomic E-state index is 0.692. The number of benzene rings is 2. The van der Waals surface area contributed by atoms with Crippen molar-refractivity contribution in [3.05, 3.63) is 53.2 Å². The van der Waals surface area contributed by atoms with Crippen molar-refractivity contribution in [2.45, 2.75) is 27.2 Å². The summed E-state index contributed by atoms with van der Waals surface area (Å²) < 4.78 is 11.2. The third-order valence-corrected chi connectivity index (χ3v) is 6.66. The molecule has 0 aliphatic carbocycles. The molecule has 0 atom stereocenters. The Bertz CT molecular complexity index is 1560. The van der Waals surface area contributed by atoms with Crippen LogP contribution in [-0.4, -0.2) is 40.8 Å². The Hall–Kier alpha value is -4.07. The molecule has 8 nitrogen and oxygen atoms in total. The van der Waals surface area contributed by atoms with E-state index in [1.54, 1.807) is 7.11 Å². The first-order valence-corrected chi connectivity index (χ1v) is 11.4. The van der Waals surface area contributed by atoms with Gasteiger partial charge in [-0.05, 0) is 57.0 Å². The lowest BCUT2D eigenvalue weighted by atomic mass is 10.0. The van der Waals surface area contributed by atoms with Crippen molar-refractivity contribution in [1.82, 2.24) is 20.1 Å². The number of aromatic amines is 1. The molecule has 0 fully saturated rings. The largest absolute Gasteiger partial charge is 0.496 e. The molecule has 0 unspecified atom stereocenters. The van der Waals surface area contributed by atoms with Gasteiger partial charge in [-0.3, -0.25) is 0 Å². The van der Waals surface area contributed by atoms with E-state index in [0.29, 0.717) is 5.82 Å². The van der Waals surface area contributed by atoms with Gasteiger partial charge in [-0.15, -0.1) is 0 Å². The van der Waals surface area contributed by atoms with E-state index >= 15 is 0 Å². The van der Waals surface area contributed by atoms with Gasteiger partial charge in [0.15, 0.2) is 0 Å². The van der Waals surface area contributed by atoms with Crippen LogP contribution in [0.5, 0.6) is 5.75 Å². The van der Waals surface area contributed by atoms with Crippen molar-refractivity contribution in [2.75, 3.05) is 30.9 Å². The quantitative estimate of drug-likeness (QED) is 0.374. The van der Waals surface area contributed by atoms with Gasteiger partial charge in [0.25, 0.3) is 0 Å². The molecule has 0 saturated heterocycles. The normalized spacial score (nSPS) is 13.1. The molecule has 34 heavy (non-hydrogen) atoms. The van der Waals surface area contributed by atoms with Crippen LogP contribution in [0.4, 0.5) is 17.2 Å². The molecular weight excluding hydrogens is 428 g/mol. The SMILES string of the molecule is COc1cc2c(cc1-c1c(C)noc1C)[nH]c1nc(C)nc(Nc3ccc4c(c3)N(C)CC4)c12. The van der Waals surface area contributed by atoms with Gasteiger partial charge in [0.1, 0.15) is 28.8 Å². The molecule has 0 saturated carbocycles. The third kappa shape index (κ3) is 3.09. The maximum absolute atomic E-state index is 5.80. The third-order valence-electron chi connectivity index (χ3n) is 6.66. The van der Waals surface area contributed by atoms with Crippen molar-refractivity contribution in [1.29, 1.82) is 0 Å². The number of rotatable bonds is 4. The van der Waals surface area contributed by atoms with Crippen LogP contribution in [0.15, 0.2) is 34.9 Å². The first-order chi connectivity index (χ1) is 16.4. The van der Waals surface area contributed by atoms with E-state index in [1.807, 2.05) is 26.8 Å². The lowest BCUT2D eigenvalue weighted by Crippen LogP contribution is -2.12. The molecule has 2 N–H and O–H groups in total. The van der Waals surface area contributed by atoms with Gasteiger partial charge in [-0.25, -0.2) is 9.97 Å². The number of likely N-dealkylation sites (N-methyl/N-ethyl adjacent to an activating group) is 1. The summed E-state index contributed by atoms with van der Waals surface area (Å²) in [5, 5.41) is 9.59. The lowest BCUT2D eigenvalue weighted by molar-refractivity contribution is 0.393. The first-order valence-electron chi connectivity index (χ1n) is 11.4. The number of nitrogens with zero attached hydrogens (tertiary/aromatic N) is 4. The van der Waals surface area contributed by atoms with E-state index in [1.165, 1.54) is 11.3 Å². The van der Waals surface area contributed by atoms with E-state index in [4.69, 9.17) is 14.2 Å². The zero-order valence-electron chi connectivity index (χ0n) is 19.9. The molecule has 6 rings (SSSR count). The molecular formula is C26H26N6O2. The number of methoxy groups -OCH3 is 1. The monoisotopic (exact) mass is 454 g/mol. The lowest BCUT2D eigenvalue weighted by Gasteiger charge is -2.14. The fourth-order valence-electron chi connectivity index (χ4n) is 5.01. The van der Waals surface area contributed by atoms with Crippen LogP contribution in [-0.2, 0) is 6.42 Å². The van der Waals surface area contributed by atoms with Crippen LogP contribution >= 0.6 is 0 Å². The highest BCUT2D eigenvalue weighted by atomic mass is 16.5. The van der Waals surface area contributed by atoms with E-state index in [9.17, 15) is 0 Å². The summed E-state index contributed by atoms with van der Waals surface area (Å²) in [5.41, 5.74) is 8.06. The van der Waals surface area contributed by atoms with E-state index in [-0.39, 0.29) is 0 Å². The summed E-state index contributed by atoms with van der Waals surface area (Å²) in [6, 6.07) is 10.6. The minimum Gasteiger partial charge on any atom is -0.496 e. The van der Waals surface area contributed by atoms with E-state index in [0.717, 1.165) is 74.7 Å². The second kappa shape index (κ2) is 7.48. The number of anilines is 3. The standard InChI is InChI=1S/C26H26N6O2/c1-13-23(14(2)34-31-13)19-11-20-18(12-22(19)33-5)24-25(27-15(3)28-26(24)30-20)29-17-7-6-16-8-9-32(4)21(16)10-17/h6-7,10-12H,8-9H2,1-5H3,(H2,27,28,29,30). The summed E-state index contributed by atoms with van der Waals surface area (Å²) in [5.74, 6) is 2.96. The highest BCUT2D eigenvalue weighted by molar-refractivity contribution is 6.13. The fourth-order valence-corrected chi connectivity index (χ4v) is 5.01. The zero-order valence-corrected chi connectivity index (χ0v) is 19.9. The smallest absolute Gasteiger partial charge is 0.144 e. The highest BCUT2D eigenvalue weighted by Gasteiger charge is 2.21. The summed E-state index contributed by atoms with van der Waals surface area (Å²) >= 11 is 0. The number of aryl methyl sites for hydroxylation is 3. The van der Waals surface area contributed by atoms with Crippen LogP contribution in [0.3, 0.4) is 0 Å². The molecule has 4 heterocycles. The van der Waals surface area contributed by atoms with Gasteiger partial charge in [0.2, 0.25) is 0 Å². The Morgan fingerprint density at radius 1 is 1.12 bits per heavy atom. The molecule has 0 radical (unpaired) electrons. The number of nitrogens with one attached hydrogen (secondary N) is 2. The molecule has 172 valence electrons. The molecule has 5 aromatic rings. The maximum atomic E-state index is 5.80. The number of H-pyrrole nitrogens is 1. The van der Waals surface area contributed by atoms with E-state index < -0.39 is 0 Å². The summed E-state index contributed by atoms with van der Waals surface area (Å²) in [6.07, 6.45) is 1.08. The zero-order chi connectivity index (χ0) is 23.6. The number of hydrogen-bond donors (Lipinski definition) is 2. The first kappa shape index (κ1) is 20.5. The van der Waals surface area contributed by atoms with E-state index in [2.05, 4.69) is 56.7 Å². The molecule has 2 aromatic carbocycles. The molecule has 0 amide bonds. The predicted molar refractivity (Wildman–Crippen MR) is 134 cm³/mol. The van der Waals surface area contributed by atoms with Crippen molar-refractivity contribution >= 4 is 39.1 Å². The van der Waals surface area contributed by atoms with Crippen molar-refractivity contribution in [3.8, 4) is 16.9 Å². The summed E-state index contributed by atoms with van der Waals surface area (Å²) in [6.45, 7) is 6.80. The minimum absolute atomic E-state index is 0.692. The van der Waals surface area contributed by atoms with Crippen molar-refractivity contribution in [2.24, 2.45) is 0 Å². The molecule has 1 aliphatic heterocycles. The Labute approximate surface area is 196 Å². The highest BCUT2D eigenvalue weighted by Crippen LogP contribution is 2.41. The van der Waals surface area contributed by atoms with Crippen LogP contribution in [0.25, 0.3) is 33.1 Å². The summed E-state index contributed by atoms with van der Waals surface area (Å²) in [7, 11) is 3.81. The van der Waals surface area contributed by atoms with Crippen LogP contribution in [0.2, 0.25) is 0 Å². The Morgan fingerprint density at radius 3 is 2.74 bits per heavy atom. The fraction of sp³-hybridized carbons (Fsp3) is 0.269. The second-order valence-corrected chi connectivity index (χ2v) is 8.91. The number of hydrogen-bond acceptors (Lipinski definition) is 7. The Morgan fingerprint density at radius 2 is 1.97 bits per heavy atom. The van der Waals surface area contributed by atoms with Gasteiger partial charge < -0.3 is 24.5 Å². The number of aromatic nitrogens is 4. The number of fused-ring (bicyclic) bond motifs is 4. The van der Waals surface area contributed by atoms with Gasteiger partial charge in [0, 0.05) is 41.4 Å². The average molecular weight is 455 g/mol. The second-order valence-electron chi connectivity index (χ2n) is 8.91. The molecule has 3 aromatic heterocycles. The van der Waals surface area contributed by atoms with Gasteiger partial charge in [0.05, 0.1) is 23.8 Å². The van der Waals surface area contributed by atoms with Crippen LogP contribution < -0.4 is 15.0 Å². The topological polar surface area (TPSA) is 92.1 Å².